The molecule has 0 heterocycles. The molecular weight excluding hydrogens is 182 g/mol. The highest BCUT2D eigenvalue weighted by Gasteiger charge is 2.08. The molecule has 15 heavy (non-hydrogen) atoms. The van der Waals surface area contributed by atoms with Crippen molar-refractivity contribution in [1.82, 2.24) is 0 Å². The van der Waals surface area contributed by atoms with Crippen LogP contribution in [0, 0.1) is 0 Å². The zero-order valence-electron chi connectivity index (χ0n) is 10.0. The standard InChI is InChI=1S/C14H21N/c1-5-10-15-14-12(6-2)8-7-9-13(14)11(3)4/h6-9,11,15H,2,5,10H2,1,3-4H3. The predicted molar refractivity (Wildman–Crippen MR) is 69.4 cm³/mol. The van der Waals surface area contributed by atoms with Crippen LogP contribution in [-0.4, -0.2) is 6.54 Å². The Hall–Kier alpha value is -1.24. The Morgan fingerprint density at radius 1 is 1.40 bits per heavy atom. The molecule has 1 aromatic rings. The zero-order chi connectivity index (χ0) is 11.3. The van der Waals surface area contributed by atoms with E-state index in [4.69, 9.17) is 0 Å². The molecule has 0 aliphatic carbocycles. The van der Waals surface area contributed by atoms with E-state index in [0.29, 0.717) is 5.92 Å². The van der Waals surface area contributed by atoms with Crippen LogP contribution in [0.2, 0.25) is 0 Å². The van der Waals surface area contributed by atoms with E-state index < -0.39 is 0 Å². The van der Waals surface area contributed by atoms with E-state index in [9.17, 15) is 0 Å². The van der Waals surface area contributed by atoms with Gasteiger partial charge >= 0.3 is 0 Å². The molecule has 1 N–H and O–H groups in total. The summed E-state index contributed by atoms with van der Waals surface area (Å²) in [5, 5.41) is 3.49. The third-order valence-corrected chi connectivity index (χ3v) is 2.52. The van der Waals surface area contributed by atoms with Crippen molar-refractivity contribution in [3.05, 3.63) is 35.9 Å². The molecule has 1 rings (SSSR count). The van der Waals surface area contributed by atoms with Crippen LogP contribution in [0.25, 0.3) is 6.08 Å². The summed E-state index contributed by atoms with van der Waals surface area (Å²) in [4.78, 5) is 0. The molecule has 0 bridgehead atoms. The minimum absolute atomic E-state index is 0.546. The van der Waals surface area contributed by atoms with E-state index in [1.54, 1.807) is 0 Å². The van der Waals surface area contributed by atoms with Crippen LogP contribution in [0.4, 0.5) is 5.69 Å². The maximum atomic E-state index is 3.86. The third kappa shape index (κ3) is 2.85. The topological polar surface area (TPSA) is 12.0 Å². The molecule has 0 unspecified atom stereocenters. The number of para-hydroxylation sites is 1. The van der Waals surface area contributed by atoms with E-state index in [1.807, 2.05) is 6.08 Å². The Kier molecular flexibility index (Phi) is 4.41. The Morgan fingerprint density at radius 3 is 2.67 bits per heavy atom. The fourth-order valence-electron chi connectivity index (χ4n) is 1.69. The van der Waals surface area contributed by atoms with Gasteiger partial charge in [-0.2, -0.15) is 0 Å². The summed E-state index contributed by atoms with van der Waals surface area (Å²) in [5.74, 6) is 0.546. The van der Waals surface area contributed by atoms with Gasteiger partial charge in [-0.15, -0.1) is 0 Å². The highest BCUT2D eigenvalue weighted by molar-refractivity contribution is 5.69. The zero-order valence-corrected chi connectivity index (χ0v) is 10.0. The van der Waals surface area contributed by atoms with Crippen LogP contribution in [-0.2, 0) is 0 Å². The van der Waals surface area contributed by atoms with Gasteiger partial charge in [0, 0.05) is 12.2 Å². The largest absolute Gasteiger partial charge is 0.384 e. The average molecular weight is 203 g/mol. The van der Waals surface area contributed by atoms with Crippen molar-refractivity contribution in [1.29, 1.82) is 0 Å². The molecule has 1 heteroatoms. The summed E-state index contributed by atoms with van der Waals surface area (Å²) in [6, 6.07) is 6.40. The van der Waals surface area contributed by atoms with Crippen LogP contribution < -0.4 is 5.32 Å². The summed E-state index contributed by atoms with van der Waals surface area (Å²) in [6.45, 7) is 11.5. The first-order valence-electron chi connectivity index (χ1n) is 5.69. The van der Waals surface area contributed by atoms with E-state index in [1.165, 1.54) is 16.8 Å². The fourth-order valence-corrected chi connectivity index (χ4v) is 1.69. The molecule has 0 saturated heterocycles. The highest BCUT2D eigenvalue weighted by atomic mass is 14.9. The number of benzene rings is 1. The number of anilines is 1. The lowest BCUT2D eigenvalue weighted by molar-refractivity contribution is 0.862. The van der Waals surface area contributed by atoms with Crippen molar-refractivity contribution < 1.29 is 0 Å². The summed E-state index contributed by atoms with van der Waals surface area (Å²) >= 11 is 0. The molecule has 0 radical (unpaired) electrons. The molecule has 0 fully saturated rings. The molecule has 0 aliphatic heterocycles. The minimum Gasteiger partial charge on any atom is -0.384 e. The maximum Gasteiger partial charge on any atom is 0.0448 e. The normalized spacial score (nSPS) is 10.4. The highest BCUT2D eigenvalue weighted by Crippen LogP contribution is 2.28. The number of nitrogens with one attached hydrogen (secondary N) is 1. The van der Waals surface area contributed by atoms with Crippen LogP contribution in [0.15, 0.2) is 24.8 Å². The Balaban J connectivity index is 3.08. The van der Waals surface area contributed by atoms with E-state index in [-0.39, 0.29) is 0 Å². The summed E-state index contributed by atoms with van der Waals surface area (Å²) in [6.07, 6.45) is 3.06. The van der Waals surface area contributed by atoms with Crippen molar-refractivity contribution in [2.45, 2.75) is 33.1 Å². The summed E-state index contributed by atoms with van der Waals surface area (Å²) in [7, 11) is 0. The smallest absolute Gasteiger partial charge is 0.0448 e. The molecule has 82 valence electrons. The van der Waals surface area contributed by atoms with Crippen LogP contribution >= 0.6 is 0 Å². The van der Waals surface area contributed by atoms with Gasteiger partial charge < -0.3 is 5.32 Å². The summed E-state index contributed by atoms with van der Waals surface area (Å²) < 4.78 is 0. The second kappa shape index (κ2) is 5.59. The molecule has 0 aliphatic rings. The molecule has 0 amide bonds. The van der Waals surface area contributed by atoms with Crippen LogP contribution in [0.3, 0.4) is 0 Å². The molecule has 1 nitrogen and oxygen atoms in total. The van der Waals surface area contributed by atoms with Gasteiger partial charge in [0.25, 0.3) is 0 Å². The van der Waals surface area contributed by atoms with Gasteiger partial charge in [-0.25, -0.2) is 0 Å². The first-order chi connectivity index (χ1) is 7.20. The number of hydrogen-bond acceptors (Lipinski definition) is 1. The first-order valence-corrected chi connectivity index (χ1v) is 5.69. The van der Waals surface area contributed by atoms with Crippen molar-refractivity contribution >= 4 is 11.8 Å². The monoisotopic (exact) mass is 203 g/mol. The predicted octanol–water partition coefficient (Wildman–Crippen LogP) is 4.27. The number of hydrogen-bond donors (Lipinski definition) is 1. The molecule has 0 spiro atoms. The van der Waals surface area contributed by atoms with Gasteiger partial charge in [-0.1, -0.05) is 51.6 Å². The van der Waals surface area contributed by atoms with Gasteiger partial charge in [0.15, 0.2) is 0 Å². The van der Waals surface area contributed by atoms with Gasteiger partial charge in [0.2, 0.25) is 0 Å². The Morgan fingerprint density at radius 2 is 2.13 bits per heavy atom. The molecule has 0 aromatic heterocycles. The van der Waals surface area contributed by atoms with Gasteiger partial charge in [0.1, 0.15) is 0 Å². The lowest BCUT2D eigenvalue weighted by atomic mass is 9.97. The fraction of sp³-hybridized carbons (Fsp3) is 0.429. The van der Waals surface area contributed by atoms with E-state index in [2.05, 4.69) is 50.9 Å². The van der Waals surface area contributed by atoms with Gasteiger partial charge in [-0.05, 0) is 23.5 Å². The lowest BCUT2D eigenvalue weighted by Crippen LogP contribution is -2.05. The second-order valence-corrected chi connectivity index (χ2v) is 4.10. The third-order valence-electron chi connectivity index (χ3n) is 2.52. The van der Waals surface area contributed by atoms with Crippen LogP contribution in [0.5, 0.6) is 0 Å². The lowest BCUT2D eigenvalue weighted by Gasteiger charge is -2.16. The minimum atomic E-state index is 0.546. The Labute approximate surface area is 93.2 Å². The van der Waals surface area contributed by atoms with E-state index >= 15 is 0 Å². The first kappa shape index (κ1) is 11.8. The van der Waals surface area contributed by atoms with Crippen LogP contribution in [0.1, 0.15) is 44.2 Å². The van der Waals surface area contributed by atoms with Crippen molar-refractivity contribution in [3.63, 3.8) is 0 Å². The SMILES string of the molecule is C=Cc1cccc(C(C)C)c1NCCC. The number of rotatable bonds is 5. The molecule has 0 saturated carbocycles. The average Bonchev–Trinajstić information content (AvgIpc) is 2.25. The summed E-state index contributed by atoms with van der Waals surface area (Å²) in [5.41, 5.74) is 3.83. The maximum absolute atomic E-state index is 3.86. The molecular formula is C14H21N. The van der Waals surface area contributed by atoms with Crippen molar-refractivity contribution in [2.24, 2.45) is 0 Å². The second-order valence-electron chi connectivity index (χ2n) is 4.10. The van der Waals surface area contributed by atoms with Gasteiger partial charge in [-0.3, -0.25) is 0 Å². The van der Waals surface area contributed by atoms with Gasteiger partial charge in [0.05, 0.1) is 0 Å². The molecule has 0 atom stereocenters. The van der Waals surface area contributed by atoms with E-state index in [0.717, 1.165) is 13.0 Å². The quantitative estimate of drug-likeness (QED) is 0.753. The van der Waals surface area contributed by atoms with Crippen molar-refractivity contribution in [2.75, 3.05) is 11.9 Å². The van der Waals surface area contributed by atoms with Crippen molar-refractivity contribution in [3.8, 4) is 0 Å². The molecule has 1 aromatic carbocycles. The Bertz CT molecular complexity index is 326.